The van der Waals surface area contributed by atoms with Crippen molar-refractivity contribution < 1.29 is 0 Å². The van der Waals surface area contributed by atoms with Crippen molar-refractivity contribution in [3.05, 3.63) is 53.7 Å². The fourth-order valence-electron chi connectivity index (χ4n) is 1.73. The summed E-state index contributed by atoms with van der Waals surface area (Å²) in [5.74, 6) is 0. The van der Waals surface area contributed by atoms with E-state index in [2.05, 4.69) is 46.4 Å². The van der Waals surface area contributed by atoms with Crippen LogP contribution in [0.5, 0.6) is 0 Å². The zero-order valence-electron chi connectivity index (χ0n) is 10.8. The van der Waals surface area contributed by atoms with Crippen molar-refractivity contribution in [2.45, 2.75) is 13.8 Å². The number of pyridine rings is 1. The van der Waals surface area contributed by atoms with Crippen molar-refractivity contribution in [3.63, 3.8) is 0 Å². The monoisotopic (exact) mass is 267 g/mol. The average molecular weight is 267 g/mol. The summed E-state index contributed by atoms with van der Waals surface area (Å²) in [5.41, 5.74) is 4.36. The summed E-state index contributed by atoms with van der Waals surface area (Å²) in [7, 11) is 0. The first kappa shape index (κ1) is 12.0. The Bertz CT molecular complexity index is 624. The van der Waals surface area contributed by atoms with Crippen LogP contribution in [-0.2, 0) is 0 Å². The van der Waals surface area contributed by atoms with E-state index in [0.717, 1.165) is 26.8 Å². The third kappa shape index (κ3) is 2.53. The van der Waals surface area contributed by atoms with Crippen LogP contribution in [0.25, 0.3) is 21.3 Å². The van der Waals surface area contributed by atoms with E-state index in [1.165, 1.54) is 5.56 Å². The van der Waals surface area contributed by atoms with Crippen molar-refractivity contribution in [3.8, 4) is 21.3 Å². The molecular weight excluding hydrogens is 254 g/mol. The lowest BCUT2D eigenvalue weighted by molar-refractivity contribution is 1.09. The lowest BCUT2D eigenvalue weighted by Gasteiger charge is -1.96. The number of benzene rings is 1. The zero-order chi connectivity index (χ0) is 13.2. The van der Waals surface area contributed by atoms with E-state index in [1.54, 1.807) is 11.3 Å². The van der Waals surface area contributed by atoms with Gasteiger partial charge in [0.1, 0.15) is 10.7 Å². The Labute approximate surface area is 116 Å². The number of hydrogen-bond acceptors (Lipinski definition) is 4. The summed E-state index contributed by atoms with van der Waals surface area (Å²) >= 11 is 1.57. The third-order valence-electron chi connectivity index (χ3n) is 2.85. The van der Waals surface area contributed by atoms with Gasteiger partial charge in [0, 0.05) is 11.8 Å². The molecule has 0 aliphatic carbocycles. The largest absolute Gasteiger partial charge is 0.253 e. The van der Waals surface area contributed by atoms with Gasteiger partial charge in [0.25, 0.3) is 0 Å². The fraction of sp³-hybridized carbons (Fsp3) is 0.133. The first-order valence-electron chi connectivity index (χ1n) is 6.06. The van der Waals surface area contributed by atoms with E-state index < -0.39 is 0 Å². The van der Waals surface area contributed by atoms with Crippen molar-refractivity contribution in [2.75, 3.05) is 0 Å². The van der Waals surface area contributed by atoms with E-state index in [-0.39, 0.29) is 0 Å². The number of aromatic nitrogens is 3. The SMILES string of the molecule is Cc1ccc(-c2nnc(-c3ccc(C)cn3)s2)cc1. The fourth-order valence-corrected chi connectivity index (χ4v) is 2.56. The lowest BCUT2D eigenvalue weighted by Crippen LogP contribution is -1.82. The second-order valence-electron chi connectivity index (χ2n) is 4.50. The molecule has 0 unspecified atom stereocenters. The number of aryl methyl sites for hydroxylation is 2. The summed E-state index contributed by atoms with van der Waals surface area (Å²) in [6, 6.07) is 12.3. The number of rotatable bonds is 2. The van der Waals surface area contributed by atoms with Crippen LogP contribution >= 0.6 is 11.3 Å². The molecule has 0 fully saturated rings. The molecule has 0 saturated heterocycles. The Hall–Kier alpha value is -2.07. The van der Waals surface area contributed by atoms with Crippen molar-refractivity contribution >= 4 is 11.3 Å². The molecule has 0 saturated carbocycles. The topological polar surface area (TPSA) is 38.7 Å². The van der Waals surface area contributed by atoms with E-state index in [4.69, 9.17) is 0 Å². The molecular formula is C15H13N3S. The number of hydrogen-bond donors (Lipinski definition) is 0. The molecule has 3 nitrogen and oxygen atoms in total. The smallest absolute Gasteiger partial charge is 0.166 e. The normalized spacial score (nSPS) is 10.6. The zero-order valence-corrected chi connectivity index (χ0v) is 11.6. The highest BCUT2D eigenvalue weighted by Crippen LogP contribution is 2.28. The molecule has 0 aliphatic heterocycles. The quantitative estimate of drug-likeness (QED) is 0.707. The highest BCUT2D eigenvalue weighted by atomic mass is 32.1. The Morgan fingerprint density at radius 1 is 0.789 bits per heavy atom. The van der Waals surface area contributed by atoms with Crippen LogP contribution in [0.15, 0.2) is 42.6 Å². The molecule has 0 spiro atoms. The lowest BCUT2D eigenvalue weighted by atomic mass is 10.2. The molecule has 0 atom stereocenters. The summed E-state index contributed by atoms with van der Waals surface area (Å²) in [6.07, 6.45) is 1.85. The van der Waals surface area contributed by atoms with E-state index in [9.17, 15) is 0 Å². The molecule has 1 aromatic carbocycles. The van der Waals surface area contributed by atoms with Crippen LogP contribution in [-0.4, -0.2) is 15.2 Å². The number of nitrogens with zero attached hydrogens (tertiary/aromatic N) is 3. The minimum Gasteiger partial charge on any atom is -0.253 e. The first-order valence-corrected chi connectivity index (χ1v) is 6.87. The van der Waals surface area contributed by atoms with Gasteiger partial charge in [-0.25, -0.2) is 0 Å². The van der Waals surface area contributed by atoms with Crippen LogP contribution in [0.3, 0.4) is 0 Å². The molecule has 2 aromatic heterocycles. The van der Waals surface area contributed by atoms with Gasteiger partial charge in [-0.1, -0.05) is 47.2 Å². The summed E-state index contributed by atoms with van der Waals surface area (Å²) in [6.45, 7) is 4.10. The van der Waals surface area contributed by atoms with Crippen LogP contribution in [0, 0.1) is 13.8 Å². The highest BCUT2D eigenvalue weighted by molar-refractivity contribution is 7.17. The molecule has 94 valence electrons. The third-order valence-corrected chi connectivity index (χ3v) is 3.85. The predicted molar refractivity (Wildman–Crippen MR) is 78.1 cm³/mol. The average Bonchev–Trinajstić information content (AvgIpc) is 2.90. The molecule has 3 rings (SSSR count). The maximum atomic E-state index is 4.38. The Balaban J connectivity index is 1.95. The Morgan fingerprint density at radius 2 is 1.47 bits per heavy atom. The molecule has 0 amide bonds. The summed E-state index contributed by atoms with van der Waals surface area (Å²) < 4.78 is 0. The van der Waals surface area contributed by atoms with Crippen LogP contribution < -0.4 is 0 Å². The van der Waals surface area contributed by atoms with Crippen molar-refractivity contribution in [1.82, 2.24) is 15.2 Å². The van der Waals surface area contributed by atoms with Gasteiger partial charge in [-0.05, 0) is 25.5 Å². The van der Waals surface area contributed by atoms with Gasteiger partial charge in [0.15, 0.2) is 5.01 Å². The standard InChI is InChI=1S/C15H13N3S/c1-10-3-6-12(7-4-10)14-17-18-15(19-14)13-8-5-11(2)9-16-13/h3-9H,1-2H3. The minimum atomic E-state index is 0.857. The van der Waals surface area contributed by atoms with Gasteiger partial charge < -0.3 is 0 Å². The summed E-state index contributed by atoms with van der Waals surface area (Å²) in [5, 5.41) is 10.2. The van der Waals surface area contributed by atoms with Crippen molar-refractivity contribution in [2.24, 2.45) is 0 Å². The second kappa shape index (κ2) is 4.90. The van der Waals surface area contributed by atoms with Gasteiger partial charge in [-0.15, -0.1) is 10.2 Å². The molecule has 0 bridgehead atoms. The maximum Gasteiger partial charge on any atom is 0.166 e. The van der Waals surface area contributed by atoms with Gasteiger partial charge in [0.05, 0.1) is 0 Å². The van der Waals surface area contributed by atoms with Gasteiger partial charge in [-0.3, -0.25) is 4.98 Å². The van der Waals surface area contributed by atoms with E-state index >= 15 is 0 Å². The molecule has 0 N–H and O–H groups in total. The minimum absolute atomic E-state index is 0.857. The van der Waals surface area contributed by atoms with Crippen LogP contribution in [0.2, 0.25) is 0 Å². The first-order chi connectivity index (χ1) is 9.22. The van der Waals surface area contributed by atoms with E-state index in [1.807, 2.05) is 25.3 Å². The highest BCUT2D eigenvalue weighted by Gasteiger charge is 2.09. The van der Waals surface area contributed by atoms with Gasteiger partial charge >= 0.3 is 0 Å². The van der Waals surface area contributed by atoms with E-state index in [0.29, 0.717) is 0 Å². The molecule has 4 heteroatoms. The molecule has 0 radical (unpaired) electrons. The van der Waals surface area contributed by atoms with Crippen LogP contribution in [0.1, 0.15) is 11.1 Å². The molecule has 0 aliphatic rings. The van der Waals surface area contributed by atoms with Crippen molar-refractivity contribution in [1.29, 1.82) is 0 Å². The van der Waals surface area contributed by atoms with Gasteiger partial charge in [0.2, 0.25) is 0 Å². The Kier molecular flexibility index (Phi) is 3.09. The predicted octanol–water partition coefficient (Wildman–Crippen LogP) is 3.88. The van der Waals surface area contributed by atoms with Crippen LogP contribution in [0.4, 0.5) is 0 Å². The molecule has 2 heterocycles. The molecule has 19 heavy (non-hydrogen) atoms. The summed E-state index contributed by atoms with van der Waals surface area (Å²) in [4.78, 5) is 4.38. The Morgan fingerprint density at radius 3 is 2.16 bits per heavy atom. The van der Waals surface area contributed by atoms with Gasteiger partial charge in [-0.2, -0.15) is 0 Å². The maximum absolute atomic E-state index is 4.38. The molecule has 3 aromatic rings. The second-order valence-corrected chi connectivity index (χ2v) is 5.48.